The third kappa shape index (κ3) is 0.726. The average molecular weight is 114 g/mol. The molecule has 0 aliphatic heterocycles. The van der Waals surface area contributed by atoms with E-state index in [1.54, 1.807) is 0 Å². The first-order valence-corrected chi connectivity index (χ1v) is 2.00. The molecule has 1 heterocycles. The Morgan fingerprint density at radius 3 is 2.88 bits per heavy atom. The molecule has 0 radical (unpaired) electrons. The van der Waals surface area contributed by atoms with Gasteiger partial charge < -0.3 is 0 Å². The predicted octanol–water partition coefficient (Wildman–Crippen LogP) is -0.0241. The Kier molecular flexibility index (Phi) is 1.07. The van der Waals surface area contributed by atoms with E-state index in [2.05, 4.69) is 4.98 Å². The highest BCUT2D eigenvalue weighted by Gasteiger charge is 1.85. The minimum Gasteiger partial charge on any atom is -0.243 e. The van der Waals surface area contributed by atoms with Gasteiger partial charge in [-0.15, -0.1) is 4.79 Å². The van der Waals surface area contributed by atoms with Gasteiger partial charge in [0.2, 0.25) is 0 Å². The van der Waals surface area contributed by atoms with Crippen molar-refractivity contribution in [2.45, 2.75) is 0 Å². The first-order chi connectivity index (χ1) is 3.80. The van der Waals surface area contributed by atoms with Crippen molar-refractivity contribution < 1.29 is 4.48 Å². The molecule has 0 amide bonds. The van der Waals surface area contributed by atoms with E-state index in [-0.39, 0.29) is 4.79 Å². The Morgan fingerprint density at radius 2 is 2.50 bits per heavy atom. The zero-order chi connectivity index (χ0) is 5.98. The fourth-order valence-electron chi connectivity index (χ4n) is 0.340. The van der Waals surface area contributed by atoms with Crippen LogP contribution in [0.25, 0.3) is 0 Å². The normalized spacial score (nSPS) is 9.12. The molecule has 42 valence electrons. The van der Waals surface area contributed by atoms with Crippen molar-refractivity contribution in [3.63, 3.8) is 0 Å². The molecule has 0 spiro atoms. The van der Waals surface area contributed by atoms with Gasteiger partial charge in [0.25, 0.3) is 0 Å². The molecule has 0 N–H and O–H groups in total. The Bertz CT molecular complexity index is 231. The van der Waals surface area contributed by atoms with Crippen molar-refractivity contribution in [2.75, 3.05) is 0 Å². The molecule has 0 atom stereocenters. The van der Waals surface area contributed by atoms with Crippen LogP contribution in [-0.2, 0) is 0 Å². The van der Waals surface area contributed by atoms with Crippen LogP contribution in [0.5, 0.6) is 0 Å². The Labute approximate surface area is 44.3 Å². The lowest BCUT2D eigenvalue weighted by molar-refractivity contribution is 0.344. The fraction of sp³-hybridized carbons (Fsp3) is 0. The van der Waals surface area contributed by atoms with Gasteiger partial charge in [-0.1, -0.05) is 4.48 Å². The minimum atomic E-state index is -0.882. The lowest BCUT2D eigenvalue weighted by Crippen LogP contribution is -2.14. The molecule has 0 bridgehead atoms. The largest absolute Gasteiger partial charge is 0.375 e. The van der Waals surface area contributed by atoms with Crippen LogP contribution in [0.2, 0.25) is 0 Å². The van der Waals surface area contributed by atoms with Gasteiger partial charge in [-0.3, -0.25) is 0 Å². The Balaban J connectivity index is 3.35. The van der Waals surface area contributed by atoms with Crippen LogP contribution < -0.4 is 5.69 Å². The summed E-state index contributed by atoms with van der Waals surface area (Å²) in [5.74, 6) is 0. The average Bonchev–Trinajstić information content (AvgIpc) is 1.77. The van der Waals surface area contributed by atoms with Crippen LogP contribution >= 0.6 is 0 Å². The summed E-state index contributed by atoms with van der Waals surface area (Å²) in [5, 5.41) is 0. The van der Waals surface area contributed by atoms with Gasteiger partial charge in [0.05, 0.1) is 0 Å². The lowest BCUT2D eigenvalue weighted by Gasteiger charge is -1.82. The molecular formula is C4H3FN2O. The predicted molar refractivity (Wildman–Crippen MR) is 25.0 cm³/mol. The summed E-state index contributed by atoms with van der Waals surface area (Å²) in [4.78, 5) is 13.1. The maximum atomic E-state index is 11.9. The first-order valence-electron chi connectivity index (χ1n) is 2.00. The molecule has 0 aliphatic rings. The molecule has 1 aromatic heterocycles. The van der Waals surface area contributed by atoms with Crippen LogP contribution in [0, 0.1) is 0 Å². The molecule has 0 unspecified atom stereocenters. The summed E-state index contributed by atoms with van der Waals surface area (Å²) in [6, 6.07) is 1.33. The number of aromatic nitrogens is 2. The summed E-state index contributed by atoms with van der Waals surface area (Å²) in [6.45, 7) is 0. The van der Waals surface area contributed by atoms with Crippen molar-refractivity contribution >= 4 is 0 Å². The van der Waals surface area contributed by atoms with Gasteiger partial charge >= 0.3 is 5.69 Å². The van der Waals surface area contributed by atoms with Crippen molar-refractivity contribution in [3.8, 4) is 0 Å². The summed E-state index contributed by atoms with van der Waals surface area (Å²) < 4.78 is 11.9. The van der Waals surface area contributed by atoms with E-state index in [1.807, 2.05) is 0 Å². The van der Waals surface area contributed by atoms with Gasteiger partial charge in [0, 0.05) is 12.4 Å². The summed E-state index contributed by atoms with van der Waals surface area (Å²) >= 11 is 0. The molecular weight excluding hydrogens is 111 g/mol. The molecule has 0 saturated heterocycles. The molecule has 1 aromatic rings. The highest BCUT2D eigenvalue weighted by molar-refractivity contribution is 4.77. The first kappa shape index (κ1) is 4.96. The number of hydrogen-bond donors (Lipinski definition) is 0. The second-order valence-corrected chi connectivity index (χ2v) is 1.21. The van der Waals surface area contributed by atoms with Crippen LogP contribution in [0.1, 0.15) is 0 Å². The minimum absolute atomic E-state index is 0.0833. The molecule has 8 heavy (non-hydrogen) atoms. The number of hydrogen-bond acceptors (Lipinski definition) is 2. The molecule has 0 fully saturated rings. The maximum Gasteiger partial charge on any atom is 0.375 e. The van der Waals surface area contributed by atoms with Gasteiger partial charge in [0.1, 0.15) is 0 Å². The van der Waals surface area contributed by atoms with E-state index in [9.17, 15) is 9.28 Å². The van der Waals surface area contributed by atoms with Gasteiger partial charge in [-0.25, -0.2) is 4.79 Å². The second kappa shape index (κ2) is 1.73. The van der Waals surface area contributed by atoms with Gasteiger partial charge in [-0.05, 0) is 6.07 Å². The molecule has 3 nitrogen and oxygen atoms in total. The molecule has 4 heteroatoms. The molecule has 0 aromatic carbocycles. The maximum absolute atomic E-state index is 11.9. The molecule has 0 saturated carbocycles. The Hall–Kier alpha value is -1.19. The quantitative estimate of drug-likeness (QED) is 0.475. The van der Waals surface area contributed by atoms with Crippen LogP contribution in [0.15, 0.2) is 23.3 Å². The highest BCUT2D eigenvalue weighted by Crippen LogP contribution is 1.73. The SMILES string of the molecule is O=c1ncccn1F. The molecule has 1 rings (SSSR count). The van der Waals surface area contributed by atoms with E-state index in [4.69, 9.17) is 0 Å². The molecule has 0 aliphatic carbocycles. The zero-order valence-corrected chi connectivity index (χ0v) is 3.91. The highest BCUT2D eigenvalue weighted by atomic mass is 19.2. The second-order valence-electron chi connectivity index (χ2n) is 1.21. The van der Waals surface area contributed by atoms with E-state index in [0.29, 0.717) is 0 Å². The summed E-state index contributed by atoms with van der Waals surface area (Å²) in [5.41, 5.74) is -0.882. The van der Waals surface area contributed by atoms with Crippen molar-refractivity contribution in [1.29, 1.82) is 0 Å². The van der Waals surface area contributed by atoms with E-state index < -0.39 is 5.69 Å². The number of nitrogens with zero attached hydrogens (tertiary/aromatic N) is 2. The van der Waals surface area contributed by atoms with Gasteiger partial charge in [-0.2, -0.15) is 4.98 Å². The van der Waals surface area contributed by atoms with Crippen LogP contribution in [-0.4, -0.2) is 9.77 Å². The van der Waals surface area contributed by atoms with Crippen molar-refractivity contribution in [1.82, 2.24) is 9.77 Å². The van der Waals surface area contributed by atoms with Crippen LogP contribution in [0.4, 0.5) is 4.48 Å². The van der Waals surface area contributed by atoms with Gasteiger partial charge in [0.15, 0.2) is 0 Å². The Morgan fingerprint density at radius 1 is 1.75 bits per heavy atom. The van der Waals surface area contributed by atoms with Crippen molar-refractivity contribution in [3.05, 3.63) is 28.9 Å². The summed E-state index contributed by atoms with van der Waals surface area (Å²) in [7, 11) is 0. The number of halogens is 1. The lowest BCUT2D eigenvalue weighted by atomic mass is 10.7. The topological polar surface area (TPSA) is 34.9 Å². The van der Waals surface area contributed by atoms with E-state index >= 15 is 0 Å². The third-order valence-electron chi connectivity index (χ3n) is 0.671. The smallest absolute Gasteiger partial charge is 0.243 e. The number of rotatable bonds is 0. The monoisotopic (exact) mass is 114 g/mol. The van der Waals surface area contributed by atoms with Crippen LogP contribution in [0.3, 0.4) is 0 Å². The summed E-state index contributed by atoms with van der Waals surface area (Å²) in [6.07, 6.45) is 2.23. The van der Waals surface area contributed by atoms with E-state index in [1.165, 1.54) is 12.3 Å². The van der Waals surface area contributed by atoms with E-state index in [0.717, 1.165) is 6.20 Å². The standard InChI is InChI=1S/C4H3FN2O/c5-7-3-1-2-6-4(7)8/h1-3H. The van der Waals surface area contributed by atoms with Crippen molar-refractivity contribution in [2.24, 2.45) is 0 Å². The fourth-order valence-corrected chi connectivity index (χ4v) is 0.340. The third-order valence-corrected chi connectivity index (χ3v) is 0.671. The zero-order valence-electron chi connectivity index (χ0n) is 3.91.